The van der Waals surface area contributed by atoms with Crippen LogP contribution < -0.4 is 0 Å². The van der Waals surface area contributed by atoms with Crippen LogP contribution in [-0.2, 0) is 9.47 Å². The normalized spacial score (nSPS) is 12.8. The fourth-order valence-corrected chi connectivity index (χ4v) is 0.655. The third-order valence-electron chi connectivity index (χ3n) is 1.16. The number of carbonyl (C=O) groups is 1. The Morgan fingerprint density at radius 3 is 2.50 bits per heavy atom. The maximum absolute atomic E-state index is 10.9. The first-order valence-corrected chi connectivity index (χ1v) is 5.30. The van der Waals surface area contributed by atoms with Crippen LogP contribution in [-0.4, -0.2) is 16.9 Å². The first-order valence-electron chi connectivity index (χ1n) is 4.05. The molecule has 3 nitrogen and oxygen atoms in total. The van der Waals surface area contributed by atoms with E-state index < -0.39 is 6.16 Å². The van der Waals surface area contributed by atoms with Crippen molar-refractivity contribution in [3.63, 3.8) is 0 Å². The fraction of sp³-hybridized carbons (Fsp3) is 0.875. The molecular formula is C8H15IO3. The monoisotopic (exact) mass is 286 g/mol. The third-order valence-corrected chi connectivity index (χ3v) is 2.85. The minimum atomic E-state index is -0.565. The van der Waals surface area contributed by atoms with Crippen molar-refractivity contribution in [2.45, 2.75) is 31.3 Å². The number of rotatable bonds is 4. The zero-order chi connectivity index (χ0) is 9.56. The molecule has 0 heterocycles. The summed E-state index contributed by atoms with van der Waals surface area (Å²) < 4.78 is 9.58. The summed E-state index contributed by atoms with van der Waals surface area (Å²) in [5.74, 6) is 0.319. The summed E-state index contributed by atoms with van der Waals surface area (Å²) in [7, 11) is 0. The first-order chi connectivity index (χ1) is 5.57. The number of carbonyl (C=O) groups excluding carboxylic acids is 1. The van der Waals surface area contributed by atoms with Gasteiger partial charge in [0.05, 0.1) is 6.61 Å². The standard InChI is InChI=1S/C8H15IO3/c1-4-5-11-8(10)12-7(9)6(2)3/h6-7H,4-5H2,1-3H3. The van der Waals surface area contributed by atoms with Crippen LogP contribution >= 0.6 is 22.6 Å². The van der Waals surface area contributed by atoms with Gasteiger partial charge in [0.25, 0.3) is 0 Å². The maximum atomic E-state index is 10.9. The van der Waals surface area contributed by atoms with Crippen LogP contribution in [0.3, 0.4) is 0 Å². The van der Waals surface area contributed by atoms with E-state index in [1.54, 1.807) is 0 Å². The predicted octanol–water partition coefficient (Wildman–Crippen LogP) is 2.97. The quantitative estimate of drug-likeness (QED) is 0.453. The second-order valence-corrected chi connectivity index (χ2v) is 4.04. The molecule has 1 unspecified atom stereocenters. The minimum absolute atomic E-state index is 0.105. The summed E-state index contributed by atoms with van der Waals surface area (Å²) in [6.45, 7) is 6.35. The Bertz CT molecular complexity index is 136. The molecule has 0 amide bonds. The van der Waals surface area contributed by atoms with Crippen LogP contribution in [0, 0.1) is 5.92 Å². The summed E-state index contributed by atoms with van der Waals surface area (Å²) in [6, 6.07) is 0. The first kappa shape index (κ1) is 12.0. The van der Waals surface area contributed by atoms with Gasteiger partial charge in [-0.25, -0.2) is 4.79 Å². The number of alkyl halides is 1. The van der Waals surface area contributed by atoms with Crippen LogP contribution in [0.4, 0.5) is 4.79 Å². The van der Waals surface area contributed by atoms with Gasteiger partial charge in [0.15, 0.2) is 4.11 Å². The molecule has 0 rings (SSSR count). The van der Waals surface area contributed by atoms with Gasteiger partial charge in [-0.2, -0.15) is 0 Å². The zero-order valence-corrected chi connectivity index (χ0v) is 9.83. The van der Waals surface area contributed by atoms with E-state index in [2.05, 4.69) is 22.6 Å². The lowest BCUT2D eigenvalue weighted by Gasteiger charge is -2.14. The van der Waals surface area contributed by atoms with E-state index in [1.165, 1.54) is 0 Å². The lowest BCUT2D eigenvalue weighted by Crippen LogP contribution is -2.18. The number of hydrogen-bond acceptors (Lipinski definition) is 3. The Morgan fingerprint density at radius 2 is 2.08 bits per heavy atom. The topological polar surface area (TPSA) is 35.5 Å². The van der Waals surface area contributed by atoms with Crippen LogP contribution in [0.1, 0.15) is 27.2 Å². The zero-order valence-electron chi connectivity index (χ0n) is 7.67. The highest BCUT2D eigenvalue weighted by molar-refractivity contribution is 14.1. The molecule has 0 spiro atoms. The van der Waals surface area contributed by atoms with Gasteiger partial charge in [-0.1, -0.05) is 20.8 Å². The Kier molecular flexibility index (Phi) is 6.51. The van der Waals surface area contributed by atoms with Crippen molar-refractivity contribution in [3.8, 4) is 0 Å². The van der Waals surface area contributed by atoms with E-state index in [-0.39, 0.29) is 4.11 Å². The van der Waals surface area contributed by atoms with Gasteiger partial charge < -0.3 is 9.47 Å². The van der Waals surface area contributed by atoms with Gasteiger partial charge in [0.1, 0.15) is 0 Å². The van der Waals surface area contributed by atoms with Crippen molar-refractivity contribution in [1.29, 1.82) is 0 Å². The van der Waals surface area contributed by atoms with Crippen LogP contribution in [0.25, 0.3) is 0 Å². The molecule has 0 fully saturated rings. The SMILES string of the molecule is CCCOC(=O)OC(I)C(C)C. The van der Waals surface area contributed by atoms with Crippen LogP contribution in [0.5, 0.6) is 0 Å². The molecule has 0 bridgehead atoms. The van der Waals surface area contributed by atoms with E-state index >= 15 is 0 Å². The smallest absolute Gasteiger partial charge is 0.434 e. The molecule has 0 radical (unpaired) electrons. The molecular weight excluding hydrogens is 271 g/mol. The number of hydrogen-bond donors (Lipinski definition) is 0. The Labute approximate surface area is 86.9 Å². The second kappa shape index (κ2) is 6.51. The van der Waals surface area contributed by atoms with Crippen LogP contribution in [0.15, 0.2) is 0 Å². The van der Waals surface area contributed by atoms with Crippen molar-refractivity contribution in [1.82, 2.24) is 0 Å². The molecule has 72 valence electrons. The fourth-order valence-electron chi connectivity index (χ4n) is 0.447. The van der Waals surface area contributed by atoms with E-state index in [0.717, 1.165) is 6.42 Å². The highest BCUT2D eigenvalue weighted by Gasteiger charge is 2.14. The molecule has 0 aromatic rings. The highest BCUT2D eigenvalue weighted by Crippen LogP contribution is 2.14. The largest absolute Gasteiger partial charge is 0.509 e. The molecule has 0 aliphatic heterocycles. The molecule has 4 heteroatoms. The van der Waals surface area contributed by atoms with Crippen molar-refractivity contribution in [2.75, 3.05) is 6.61 Å². The van der Waals surface area contributed by atoms with Gasteiger partial charge in [-0.15, -0.1) is 0 Å². The number of ether oxygens (including phenoxy) is 2. The van der Waals surface area contributed by atoms with Gasteiger partial charge in [-0.3, -0.25) is 0 Å². The molecule has 0 aromatic heterocycles. The molecule has 12 heavy (non-hydrogen) atoms. The summed E-state index contributed by atoms with van der Waals surface area (Å²) >= 11 is 2.08. The molecule has 0 aliphatic carbocycles. The molecule has 1 atom stereocenters. The lowest BCUT2D eigenvalue weighted by atomic mass is 10.2. The van der Waals surface area contributed by atoms with E-state index in [1.807, 2.05) is 20.8 Å². The molecule has 0 aromatic carbocycles. The van der Waals surface area contributed by atoms with Gasteiger partial charge in [-0.05, 0) is 34.9 Å². The van der Waals surface area contributed by atoms with E-state index in [4.69, 9.17) is 9.47 Å². The van der Waals surface area contributed by atoms with Gasteiger partial charge in [0, 0.05) is 0 Å². The summed E-state index contributed by atoms with van der Waals surface area (Å²) in [6.07, 6.45) is 0.257. The molecule has 0 aliphatic rings. The minimum Gasteiger partial charge on any atom is -0.434 e. The third kappa shape index (κ3) is 5.62. The highest BCUT2D eigenvalue weighted by atomic mass is 127. The Hall–Kier alpha value is 0. The van der Waals surface area contributed by atoms with E-state index in [9.17, 15) is 4.79 Å². The van der Waals surface area contributed by atoms with Crippen molar-refractivity contribution >= 4 is 28.7 Å². The summed E-state index contributed by atoms with van der Waals surface area (Å²) in [5, 5.41) is 0. The molecule has 0 saturated heterocycles. The lowest BCUT2D eigenvalue weighted by molar-refractivity contribution is 0.0420. The number of halogens is 1. The molecule has 0 saturated carbocycles. The Balaban J connectivity index is 3.54. The average Bonchev–Trinajstić information content (AvgIpc) is 2.00. The van der Waals surface area contributed by atoms with Gasteiger partial charge >= 0.3 is 6.16 Å². The average molecular weight is 286 g/mol. The molecule has 0 N–H and O–H groups in total. The van der Waals surface area contributed by atoms with Crippen molar-refractivity contribution < 1.29 is 14.3 Å². The summed E-state index contributed by atoms with van der Waals surface area (Å²) in [5.41, 5.74) is 0. The van der Waals surface area contributed by atoms with Crippen molar-refractivity contribution in [2.24, 2.45) is 5.92 Å². The van der Waals surface area contributed by atoms with E-state index in [0.29, 0.717) is 12.5 Å². The van der Waals surface area contributed by atoms with Gasteiger partial charge in [0.2, 0.25) is 0 Å². The predicted molar refractivity (Wildman–Crippen MR) is 55.4 cm³/mol. The second-order valence-electron chi connectivity index (χ2n) is 2.81. The Morgan fingerprint density at radius 1 is 1.50 bits per heavy atom. The summed E-state index contributed by atoms with van der Waals surface area (Å²) in [4.78, 5) is 10.9. The maximum Gasteiger partial charge on any atom is 0.509 e. The van der Waals surface area contributed by atoms with Crippen molar-refractivity contribution in [3.05, 3.63) is 0 Å². The van der Waals surface area contributed by atoms with Crippen LogP contribution in [0.2, 0.25) is 0 Å².